The number of morpholine rings is 1. The van der Waals surface area contributed by atoms with Crippen LogP contribution in [0, 0.1) is 5.92 Å². The summed E-state index contributed by atoms with van der Waals surface area (Å²) in [7, 11) is 0. The largest absolute Gasteiger partial charge is 0.370 e. The molecule has 4 rings (SSSR count). The molecule has 2 aliphatic rings. The molecule has 0 unspecified atom stereocenters. The molecule has 2 heterocycles. The minimum atomic E-state index is -0.00530. The van der Waals surface area contributed by atoms with Gasteiger partial charge in [-0.1, -0.05) is 6.92 Å². The van der Waals surface area contributed by atoms with Crippen LogP contribution in [-0.4, -0.2) is 35.2 Å². The third-order valence-electron chi connectivity index (χ3n) is 5.35. The fraction of sp³-hybridized carbons (Fsp3) is 0.556. The zero-order chi connectivity index (χ0) is 16.7. The van der Waals surface area contributed by atoms with Gasteiger partial charge in [0.2, 0.25) is 5.95 Å². The monoisotopic (exact) mass is 328 g/mol. The van der Waals surface area contributed by atoms with Crippen molar-refractivity contribution in [1.29, 1.82) is 0 Å². The highest BCUT2D eigenvalue weighted by atomic mass is 16.5. The Kier molecular flexibility index (Phi) is 3.92. The highest BCUT2D eigenvalue weighted by Gasteiger charge is 2.25. The van der Waals surface area contributed by atoms with Gasteiger partial charge in [0, 0.05) is 18.3 Å². The number of nitrogens with two attached hydrogens (primary N) is 1. The summed E-state index contributed by atoms with van der Waals surface area (Å²) >= 11 is 0. The fourth-order valence-corrected chi connectivity index (χ4v) is 3.95. The van der Waals surface area contributed by atoms with Crippen molar-refractivity contribution in [2.45, 2.75) is 38.6 Å². The van der Waals surface area contributed by atoms with Gasteiger partial charge in [-0.2, -0.15) is 0 Å². The number of benzene rings is 1. The normalized spacial score (nSPS) is 25.4. The van der Waals surface area contributed by atoms with Gasteiger partial charge in [-0.25, -0.2) is 4.98 Å². The highest BCUT2D eigenvalue weighted by molar-refractivity contribution is 5.96. The molecule has 1 amide bonds. The predicted molar refractivity (Wildman–Crippen MR) is 94.0 cm³/mol. The van der Waals surface area contributed by atoms with E-state index in [9.17, 15) is 4.79 Å². The van der Waals surface area contributed by atoms with E-state index in [4.69, 9.17) is 10.5 Å². The van der Waals surface area contributed by atoms with E-state index in [1.165, 1.54) is 12.8 Å². The van der Waals surface area contributed by atoms with Gasteiger partial charge in [0.25, 0.3) is 5.91 Å². The van der Waals surface area contributed by atoms with Crippen LogP contribution in [0.15, 0.2) is 18.2 Å². The van der Waals surface area contributed by atoms with E-state index < -0.39 is 0 Å². The lowest BCUT2D eigenvalue weighted by Gasteiger charge is -2.28. The molecule has 6 heteroatoms. The summed E-state index contributed by atoms with van der Waals surface area (Å²) < 4.78 is 7.39. The summed E-state index contributed by atoms with van der Waals surface area (Å²) in [5, 5.41) is 0. The van der Waals surface area contributed by atoms with Gasteiger partial charge in [-0.15, -0.1) is 0 Å². The molecule has 0 bridgehead atoms. The Hall–Kier alpha value is -2.08. The summed E-state index contributed by atoms with van der Waals surface area (Å²) in [6.45, 7) is 3.62. The third kappa shape index (κ3) is 2.65. The molecule has 0 radical (unpaired) electrons. The zero-order valence-corrected chi connectivity index (χ0v) is 14.1. The smallest absolute Gasteiger partial charge is 0.253 e. The van der Waals surface area contributed by atoms with Crippen molar-refractivity contribution in [3.8, 4) is 0 Å². The Morgan fingerprint density at radius 2 is 2.04 bits per heavy atom. The van der Waals surface area contributed by atoms with Crippen LogP contribution in [0.3, 0.4) is 0 Å². The molecule has 0 atom stereocenters. The molecule has 1 saturated carbocycles. The molecule has 1 saturated heterocycles. The van der Waals surface area contributed by atoms with E-state index in [0.717, 1.165) is 35.5 Å². The molecule has 2 fully saturated rings. The number of carbonyl (C=O) groups is 1. The maximum absolute atomic E-state index is 12.0. The average Bonchev–Trinajstić information content (AvgIpc) is 2.91. The van der Waals surface area contributed by atoms with E-state index in [2.05, 4.69) is 22.5 Å². The summed E-state index contributed by atoms with van der Waals surface area (Å²) in [4.78, 5) is 18.4. The molecule has 1 aromatic carbocycles. The number of carbonyl (C=O) groups excluding carboxylic acids is 1. The summed E-state index contributed by atoms with van der Waals surface area (Å²) in [6, 6.07) is 6.45. The SMILES string of the molecule is CC1CCC(n2c(N)nc3cc(N4CCOCC4=O)ccc32)CC1. The van der Waals surface area contributed by atoms with Crippen molar-refractivity contribution in [2.24, 2.45) is 5.92 Å². The van der Waals surface area contributed by atoms with Crippen molar-refractivity contribution < 1.29 is 9.53 Å². The number of nitrogens with zero attached hydrogens (tertiary/aromatic N) is 3. The molecule has 2 aromatic rings. The lowest BCUT2D eigenvalue weighted by Crippen LogP contribution is -2.41. The standard InChI is InChI=1S/C18H24N4O2/c1-12-2-4-13(5-3-12)22-16-7-6-14(10-15(16)20-18(22)19)21-8-9-24-11-17(21)23/h6-7,10,12-13H,2-5,8-9,11H2,1H3,(H2,19,20). The highest BCUT2D eigenvalue weighted by Crippen LogP contribution is 2.36. The molecule has 1 aromatic heterocycles. The first-order valence-electron chi connectivity index (χ1n) is 8.79. The topological polar surface area (TPSA) is 73.4 Å². The van der Waals surface area contributed by atoms with Gasteiger partial charge in [-0.05, 0) is 49.8 Å². The molecule has 0 spiro atoms. The van der Waals surface area contributed by atoms with Crippen molar-refractivity contribution in [3.05, 3.63) is 18.2 Å². The minimum absolute atomic E-state index is 0.00530. The van der Waals surface area contributed by atoms with Crippen LogP contribution in [0.4, 0.5) is 11.6 Å². The number of ether oxygens (including phenoxy) is 1. The van der Waals surface area contributed by atoms with Crippen LogP contribution in [0.25, 0.3) is 11.0 Å². The van der Waals surface area contributed by atoms with Crippen LogP contribution in [0.5, 0.6) is 0 Å². The third-order valence-corrected chi connectivity index (χ3v) is 5.35. The molecule has 2 N–H and O–H groups in total. The lowest BCUT2D eigenvalue weighted by atomic mass is 9.87. The molecule has 128 valence electrons. The molecular weight excluding hydrogens is 304 g/mol. The molecular formula is C18H24N4O2. The lowest BCUT2D eigenvalue weighted by molar-refractivity contribution is -0.125. The number of hydrogen-bond donors (Lipinski definition) is 1. The molecule has 6 nitrogen and oxygen atoms in total. The maximum Gasteiger partial charge on any atom is 0.253 e. The minimum Gasteiger partial charge on any atom is -0.370 e. The van der Waals surface area contributed by atoms with Crippen LogP contribution in [-0.2, 0) is 9.53 Å². The Bertz CT molecular complexity index is 762. The maximum atomic E-state index is 12.0. The van der Waals surface area contributed by atoms with E-state index in [-0.39, 0.29) is 12.5 Å². The number of rotatable bonds is 2. The van der Waals surface area contributed by atoms with Gasteiger partial charge >= 0.3 is 0 Å². The number of hydrogen-bond acceptors (Lipinski definition) is 4. The summed E-state index contributed by atoms with van der Waals surface area (Å²) in [5.74, 6) is 1.38. The van der Waals surface area contributed by atoms with Crippen molar-refractivity contribution >= 4 is 28.6 Å². The Morgan fingerprint density at radius 1 is 1.25 bits per heavy atom. The number of imidazole rings is 1. The Balaban J connectivity index is 1.68. The first kappa shape index (κ1) is 15.4. The summed E-state index contributed by atoms with van der Waals surface area (Å²) in [5.41, 5.74) is 9.03. The number of aromatic nitrogens is 2. The Labute approximate surface area is 141 Å². The Morgan fingerprint density at radius 3 is 2.79 bits per heavy atom. The van der Waals surface area contributed by atoms with Gasteiger partial charge < -0.3 is 19.9 Å². The molecule has 1 aliphatic carbocycles. The first-order chi connectivity index (χ1) is 11.6. The molecule has 1 aliphatic heterocycles. The van der Waals surface area contributed by atoms with Crippen LogP contribution in [0.1, 0.15) is 38.6 Å². The van der Waals surface area contributed by atoms with E-state index in [0.29, 0.717) is 25.1 Å². The molecule has 24 heavy (non-hydrogen) atoms. The van der Waals surface area contributed by atoms with Crippen LogP contribution in [0.2, 0.25) is 0 Å². The second kappa shape index (κ2) is 6.09. The predicted octanol–water partition coefficient (Wildman–Crippen LogP) is 2.73. The number of nitrogen functional groups attached to an aromatic ring is 1. The second-order valence-electron chi connectivity index (χ2n) is 7.02. The van der Waals surface area contributed by atoms with E-state index in [1.54, 1.807) is 4.90 Å². The quantitative estimate of drug-likeness (QED) is 0.920. The zero-order valence-electron chi connectivity index (χ0n) is 14.1. The van der Waals surface area contributed by atoms with Gasteiger partial charge in [-0.3, -0.25) is 4.79 Å². The average molecular weight is 328 g/mol. The van der Waals surface area contributed by atoms with Crippen molar-refractivity contribution in [3.63, 3.8) is 0 Å². The number of anilines is 2. The van der Waals surface area contributed by atoms with Crippen LogP contribution >= 0.6 is 0 Å². The van der Waals surface area contributed by atoms with E-state index >= 15 is 0 Å². The van der Waals surface area contributed by atoms with Crippen molar-refractivity contribution in [2.75, 3.05) is 30.4 Å². The summed E-state index contributed by atoms with van der Waals surface area (Å²) in [6.07, 6.45) is 4.79. The first-order valence-corrected chi connectivity index (χ1v) is 8.79. The van der Waals surface area contributed by atoms with Gasteiger partial charge in [0.1, 0.15) is 6.61 Å². The van der Waals surface area contributed by atoms with Crippen molar-refractivity contribution in [1.82, 2.24) is 9.55 Å². The second-order valence-corrected chi connectivity index (χ2v) is 7.02. The van der Waals surface area contributed by atoms with Gasteiger partial charge in [0.05, 0.1) is 17.6 Å². The van der Waals surface area contributed by atoms with Crippen LogP contribution < -0.4 is 10.6 Å². The van der Waals surface area contributed by atoms with Gasteiger partial charge in [0.15, 0.2) is 0 Å². The number of fused-ring (bicyclic) bond motifs is 1. The van der Waals surface area contributed by atoms with E-state index in [1.807, 2.05) is 12.1 Å². The fourth-order valence-electron chi connectivity index (χ4n) is 3.95. The number of amides is 1.